The van der Waals surface area contributed by atoms with Gasteiger partial charge in [-0.05, 0) is 53.3 Å². The van der Waals surface area contributed by atoms with Crippen LogP contribution in [0.15, 0.2) is 66.7 Å². The molecule has 27 heavy (non-hydrogen) atoms. The van der Waals surface area contributed by atoms with Crippen LogP contribution < -0.4 is 10.1 Å². The molecule has 1 N–H and O–H groups in total. The molecule has 0 aliphatic heterocycles. The van der Waals surface area contributed by atoms with Crippen molar-refractivity contribution in [2.24, 2.45) is 0 Å². The molecule has 0 saturated heterocycles. The molecule has 0 aromatic heterocycles. The molecule has 0 aliphatic carbocycles. The average Bonchev–Trinajstić information content (AvgIpc) is 2.69. The highest BCUT2D eigenvalue weighted by Gasteiger charge is 2.16. The van der Waals surface area contributed by atoms with E-state index in [1.54, 1.807) is 7.11 Å². The van der Waals surface area contributed by atoms with Crippen molar-refractivity contribution >= 4 is 11.6 Å². The first-order valence-corrected chi connectivity index (χ1v) is 9.15. The second-order valence-corrected chi connectivity index (χ2v) is 6.93. The Morgan fingerprint density at radius 2 is 1.63 bits per heavy atom. The molecule has 1 amide bonds. The van der Waals surface area contributed by atoms with Crippen molar-refractivity contribution < 1.29 is 9.53 Å². The number of methoxy groups -OCH3 is 1. The Kier molecular flexibility index (Phi) is 5.60. The molecule has 3 heteroatoms. The van der Waals surface area contributed by atoms with Gasteiger partial charge in [0.25, 0.3) is 5.91 Å². The van der Waals surface area contributed by atoms with E-state index in [4.69, 9.17) is 4.74 Å². The monoisotopic (exact) mass is 359 g/mol. The van der Waals surface area contributed by atoms with Crippen molar-refractivity contribution in [1.82, 2.24) is 0 Å². The summed E-state index contributed by atoms with van der Waals surface area (Å²) < 4.78 is 5.50. The fraction of sp³-hybridized carbons (Fsp3) is 0.208. The van der Waals surface area contributed by atoms with Crippen molar-refractivity contribution in [3.63, 3.8) is 0 Å². The molecule has 3 aromatic carbocycles. The van der Waals surface area contributed by atoms with Crippen LogP contribution in [-0.2, 0) is 0 Å². The Bertz CT molecular complexity index is 946. The lowest BCUT2D eigenvalue weighted by atomic mass is 9.97. The Morgan fingerprint density at radius 3 is 2.30 bits per heavy atom. The molecule has 0 unspecified atom stereocenters. The molecule has 3 aromatic rings. The van der Waals surface area contributed by atoms with E-state index in [1.807, 2.05) is 73.7 Å². The fourth-order valence-corrected chi connectivity index (χ4v) is 3.20. The smallest absolute Gasteiger partial charge is 0.256 e. The average molecular weight is 359 g/mol. The van der Waals surface area contributed by atoms with Crippen LogP contribution in [0, 0.1) is 6.92 Å². The number of nitrogens with one attached hydrogen (secondary N) is 1. The number of aryl methyl sites for hydroxylation is 1. The van der Waals surface area contributed by atoms with Gasteiger partial charge in [-0.25, -0.2) is 0 Å². The summed E-state index contributed by atoms with van der Waals surface area (Å²) in [6, 6.07) is 21.6. The lowest BCUT2D eigenvalue weighted by Gasteiger charge is -2.17. The molecule has 3 rings (SSSR count). The van der Waals surface area contributed by atoms with Gasteiger partial charge in [-0.3, -0.25) is 4.79 Å². The molecule has 0 atom stereocenters. The summed E-state index contributed by atoms with van der Waals surface area (Å²) in [6.45, 7) is 6.21. The van der Waals surface area contributed by atoms with Gasteiger partial charge in [-0.15, -0.1) is 0 Å². The zero-order chi connectivity index (χ0) is 19.4. The molecule has 0 spiro atoms. The maximum atomic E-state index is 13.1. The lowest BCUT2D eigenvalue weighted by Crippen LogP contribution is -2.14. The van der Waals surface area contributed by atoms with E-state index in [-0.39, 0.29) is 5.91 Å². The molecule has 0 aliphatic rings. The predicted molar refractivity (Wildman–Crippen MR) is 112 cm³/mol. The van der Waals surface area contributed by atoms with Crippen molar-refractivity contribution in [2.45, 2.75) is 26.7 Å². The van der Waals surface area contributed by atoms with Gasteiger partial charge in [-0.2, -0.15) is 0 Å². The minimum atomic E-state index is -0.113. The molecular weight excluding hydrogens is 334 g/mol. The van der Waals surface area contributed by atoms with Crippen molar-refractivity contribution in [1.29, 1.82) is 0 Å². The summed E-state index contributed by atoms with van der Waals surface area (Å²) in [7, 11) is 1.68. The van der Waals surface area contributed by atoms with Gasteiger partial charge in [-0.1, -0.05) is 62.4 Å². The quantitative estimate of drug-likeness (QED) is 0.602. The van der Waals surface area contributed by atoms with Crippen LogP contribution in [0.5, 0.6) is 5.75 Å². The maximum absolute atomic E-state index is 13.1. The summed E-state index contributed by atoms with van der Waals surface area (Å²) >= 11 is 0. The lowest BCUT2D eigenvalue weighted by molar-refractivity contribution is 0.102. The number of ether oxygens (including phenoxy) is 1. The third-order valence-corrected chi connectivity index (χ3v) is 4.70. The van der Waals surface area contributed by atoms with Gasteiger partial charge in [0, 0.05) is 11.3 Å². The largest absolute Gasteiger partial charge is 0.496 e. The number of amides is 1. The molecule has 0 bridgehead atoms. The first kappa shape index (κ1) is 18.7. The Hall–Kier alpha value is -3.07. The summed E-state index contributed by atoms with van der Waals surface area (Å²) in [5, 5.41) is 3.09. The van der Waals surface area contributed by atoms with Gasteiger partial charge >= 0.3 is 0 Å². The van der Waals surface area contributed by atoms with Crippen LogP contribution in [0.25, 0.3) is 11.1 Å². The van der Waals surface area contributed by atoms with Crippen LogP contribution in [0.4, 0.5) is 5.69 Å². The molecule has 0 saturated carbocycles. The molecule has 0 fully saturated rings. The second-order valence-electron chi connectivity index (χ2n) is 6.93. The number of carbonyl (C=O) groups excluding carboxylic acids is 1. The van der Waals surface area contributed by atoms with Crippen LogP contribution in [0.1, 0.15) is 41.3 Å². The summed E-state index contributed by atoms with van der Waals surface area (Å²) in [5.41, 5.74) is 5.47. The van der Waals surface area contributed by atoms with Gasteiger partial charge < -0.3 is 10.1 Å². The Labute approximate surface area is 161 Å². The Morgan fingerprint density at radius 1 is 0.963 bits per heavy atom. The first-order chi connectivity index (χ1) is 13.0. The van der Waals surface area contributed by atoms with Gasteiger partial charge in [0.1, 0.15) is 5.75 Å². The number of hydrogen-bond acceptors (Lipinski definition) is 2. The zero-order valence-corrected chi connectivity index (χ0v) is 16.2. The van der Waals surface area contributed by atoms with E-state index in [0.717, 1.165) is 33.7 Å². The SMILES string of the molecule is COc1cc(C)c(NC(=O)c2ccccc2-c2ccccc2)cc1C(C)C. The molecule has 0 radical (unpaired) electrons. The summed E-state index contributed by atoms with van der Waals surface area (Å²) in [4.78, 5) is 13.1. The van der Waals surface area contributed by atoms with Crippen LogP contribution >= 0.6 is 0 Å². The molecule has 0 heterocycles. The second kappa shape index (κ2) is 8.09. The molecular formula is C24H25NO2. The van der Waals surface area contributed by atoms with Crippen LogP contribution in [-0.4, -0.2) is 13.0 Å². The van der Waals surface area contributed by atoms with E-state index in [0.29, 0.717) is 11.5 Å². The van der Waals surface area contributed by atoms with Gasteiger partial charge in [0.05, 0.1) is 7.11 Å². The highest BCUT2D eigenvalue weighted by atomic mass is 16.5. The van der Waals surface area contributed by atoms with Gasteiger partial charge in [0.2, 0.25) is 0 Å². The van der Waals surface area contributed by atoms with Crippen LogP contribution in [0.2, 0.25) is 0 Å². The van der Waals surface area contributed by atoms with Crippen LogP contribution in [0.3, 0.4) is 0 Å². The number of rotatable bonds is 5. The standard InChI is InChI=1S/C24H25NO2/c1-16(2)21-15-22(17(3)14-23(21)27-4)25-24(26)20-13-9-8-12-19(20)18-10-6-5-7-11-18/h5-16H,1-4H3,(H,25,26). The highest BCUT2D eigenvalue weighted by molar-refractivity contribution is 6.09. The normalized spacial score (nSPS) is 10.7. The minimum Gasteiger partial charge on any atom is -0.496 e. The van der Waals surface area contributed by atoms with Crippen molar-refractivity contribution in [2.75, 3.05) is 12.4 Å². The van der Waals surface area contributed by atoms with Crippen molar-refractivity contribution in [3.05, 3.63) is 83.4 Å². The van der Waals surface area contributed by atoms with Gasteiger partial charge in [0.15, 0.2) is 0 Å². The summed E-state index contributed by atoms with van der Waals surface area (Å²) in [5.74, 6) is 1.04. The number of anilines is 1. The van der Waals surface area contributed by atoms with E-state index in [9.17, 15) is 4.79 Å². The van der Waals surface area contributed by atoms with E-state index >= 15 is 0 Å². The number of carbonyl (C=O) groups is 1. The van der Waals surface area contributed by atoms with Crippen molar-refractivity contribution in [3.8, 4) is 16.9 Å². The fourth-order valence-electron chi connectivity index (χ4n) is 3.20. The predicted octanol–water partition coefficient (Wildman–Crippen LogP) is 6.05. The van der Waals surface area contributed by atoms with E-state index < -0.39 is 0 Å². The number of hydrogen-bond donors (Lipinski definition) is 1. The van der Waals surface area contributed by atoms with E-state index in [1.165, 1.54) is 0 Å². The number of benzene rings is 3. The third kappa shape index (κ3) is 4.03. The third-order valence-electron chi connectivity index (χ3n) is 4.70. The maximum Gasteiger partial charge on any atom is 0.256 e. The topological polar surface area (TPSA) is 38.3 Å². The zero-order valence-electron chi connectivity index (χ0n) is 16.2. The molecule has 138 valence electrons. The highest BCUT2D eigenvalue weighted by Crippen LogP contribution is 2.32. The summed E-state index contributed by atoms with van der Waals surface area (Å²) in [6.07, 6.45) is 0. The van der Waals surface area contributed by atoms with E-state index in [2.05, 4.69) is 19.2 Å². The minimum absolute atomic E-state index is 0.113. The Balaban J connectivity index is 1.97. The first-order valence-electron chi connectivity index (χ1n) is 9.15. The molecule has 3 nitrogen and oxygen atoms in total.